The van der Waals surface area contributed by atoms with E-state index in [1.165, 1.54) is 36.4 Å². The van der Waals surface area contributed by atoms with Gasteiger partial charge in [0, 0.05) is 0 Å². The molecule has 0 unspecified atom stereocenters. The maximum absolute atomic E-state index is 13.4. The number of alkyl halides is 3. The summed E-state index contributed by atoms with van der Waals surface area (Å²) in [5.41, 5.74) is -1.62. The van der Waals surface area contributed by atoms with E-state index in [-0.39, 0.29) is 20.6 Å². The van der Waals surface area contributed by atoms with E-state index in [2.05, 4.69) is 5.32 Å². The number of amides is 1. The molecule has 33 heavy (non-hydrogen) atoms. The molecule has 174 valence electrons. The summed E-state index contributed by atoms with van der Waals surface area (Å²) in [5, 5.41) is 1.98. The van der Waals surface area contributed by atoms with Gasteiger partial charge in [0.25, 0.3) is 10.0 Å². The summed E-state index contributed by atoms with van der Waals surface area (Å²) in [6.45, 7) is -0.863. The normalized spacial score (nSPS) is 11.8. The van der Waals surface area contributed by atoms with Crippen LogP contribution in [0.5, 0.6) is 0 Å². The topological polar surface area (TPSA) is 66.5 Å². The van der Waals surface area contributed by atoms with Crippen LogP contribution in [-0.2, 0) is 21.0 Å². The minimum absolute atomic E-state index is 0.0370. The van der Waals surface area contributed by atoms with E-state index in [4.69, 9.17) is 34.8 Å². The number of carbonyl (C=O) groups excluding carboxylic acids is 1. The first-order valence-electron chi connectivity index (χ1n) is 9.09. The van der Waals surface area contributed by atoms with E-state index in [1.807, 2.05) is 0 Å². The first kappa shape index (κ1) is 25.2. The Morgan fingerprint density at radius 2 is 1.48 bits per heavy atom. The number of sulfonamides is 1. The minimum Gasteiger partial charge on any atom is -0.322 e. The first-order chi connectivity index (χ1) is 15.4. The van der Waals surface area contributed by atoms with Gasteiger partial charge in [0.1, 0.15) is 6.54 Å². The molecule has 0 radical (unpaired) electrons. The van der Waals surface area contributed by atoms with Crippen molar-refractivity contribution in [3.8, 4) is 0 Å². The van der Waals surface area contributed by atoms with Crippen molar-refractivity contribution in [2.24, 2.45) is 0 Å². The van der Waals surface area contributed by atoms with Gasteiger partial charge in [-0.3, -0.25) is 9.10 Å². The summed E-state index contributed by atoms with van der Waals surface area (Å²) in [6, 6.07) is 14.0. The lowest BCUT2D eigenvalue weighted by atomic mass is 10.2. The average Bonchev–Trinajstić information content (AvgIpc) is 2.75. The van der Waals surface area contributed by atoms with Crippen molar-refractivity contribution in [2.75, 3.05) is 16.2 Å². The Bertz CT molecular complexity index is 1270. The van der Waals surface area contributed by atoms with Crippen molar-refractivity contribution < 1.29 is 26.4 Å². The molecular weight excluding hydrogens is 524 g/mol. The quantitative estimate of drug-likeness (QED) is 0.390. The third-order valence-corrected chi connectivity index (χ3v) is 7.14. The van der Waals surface area contributed by atoms with Crippen LogP contribution in [0.1, 0.15) is 5.56 Å². The number of hydrogen-bond acceptors (Lipinski definition) is 3. The van der Waals surface area contributed by atoms with Crippen LogP contribution >= 0.6 is 34.8 Å². The molecule has 0 aliphatic carbocycles. The van der Waals surface area contributed by atoms with Crippen LogP contribution in [0.15, 0.2) is 71.6 Å². The van der Waals surface area contributed by atoms with Crippen LogP contribution in [0.3, 0.4) is 0 Å². The number of hydrogen-bond donors (Lipinski definition) is 1. The maximum Gasteiger partial charge on any atom is 0.417 e. The molecule has 1 N–H and O–H groups in total. The van der Waals surface area contributed by atoms with Gasteiger partial charge >= 0.3 is 6.18 Å². The molecule has 0 aliphatic rings. The summed E-state index contributed by atoms with van der Waals surface area (Å²) in [4.78, 5) is 12.5. The fraction of sp³-hybridized carbons (Fsp3) is 0.0952. The van der Waals surface area contributed by atoms with Gasteiger partial charge in [-0.2, -0.15) is 13.2 Å². The second-order valence-corrected chi connectivity index (χ2v) is 9.72. The van der Waals surface area contributed by atoms with E-state index >= 15 is 0 Å². The number of carbonyl (C=O) groups is 1. The summed E-state index contributed by atoms with van der Waals surface area (Å²) >= 11 is 17.7. The summed E-state index contributed by atoms with van der Waals surface area (Å²) in [6.07, 6.45) is -4.84. The molecule has 12 heteroatoms. The molecule has 3 rings (SSSR count). The lowest BCUT2D eigenvalue weighted by Crippen LogP contribution is -2.38. The van der Waals surface area contributed by atoms with Crippen molar-refractivity contribution in [2.45, 2.75) is 11.1 Å². The molecule has 3 aromatic carbocycles. The fourth-order valence-electron chi connectivity index (χ4n) is 2.85. The van der Waals surface area contributed by atoms with Crippen molar-refractivity contribution in [1.29, 1.82) is 0 Å². The Hall–Kier alpha value is -2.46. The van der Waals surface area contributed by atoms with Gasteiger partial charge in [0.05, 0.1) is 36.9 Å². The van der Waals surface area contributed by atoms with E-state index in [0.717, 1.165) is 12.1 Å². The average molecular weight is 538 g/mol. The summed E-state index contributed by atoms with van der Waals surface area (Å²) in [7, 11) is -4.44. The third-order valence-electron chi connectivity index (χ3n) is 4.39. The zero-order chi connectivity index (χ0) is 24.4. The second kappa shape index (κ2) is 9.80. The van der Waals surface area contributed by atoms with Crippen molar-refractivity contribution in [3.05, 3.63) is 87.4 Å². The van der Waals surface area contributed by atoms with Crippen LogP contribution in [-0.4, -0.2) is 20.9 Å². The van der Waals surface area contributed by atoms with E-state index < -0.39 is 44.9 Å². The maximum atomic E-state index is 13.4. The first-order valence-corrected chi connectivity index (χ1v) is 11.7. The highest BCUT2D eigenvalue weighted by molar-refractivity contribution is 7.92. The molecule has 3 aromatic rings. The lowest BCUT2D eigenvalue weighted by Gasteiger charge is -2.25. The highest BCUT2D eigenvalue weighted by atomic mass is 35.5. The zero-order valence-electron chi connectivity index (χ0n) is 16.4. The molecule has 0 aliphatic heterocycles. The van der Waals surface area contributed by atoms with Crippen LogP contribution < -0.4 is 9.62 Å². The standard InChI is InChI=1S/C21H14Cl3F3N2O3S/c22-16-10-9-13(11-15(16)21(25,26)27)29(33(31,32)14-5-2-1-3-6-14)12-19(30)28-20-17(23)7-4-8-18(20)24/h1-11H,12H2,(H,28,30). The van der Waals surface area contributed by atoms with Gasteiger partial charge in [-0.1, -0.05) is 59.1 Å². The second-order valence-electron chi connectivity index (χ2n) is 6.63. The van der Waals surface area contributed by atoms with Crippen LogP contribution in [0.4, 0.5) is 24.5 Å². The number of nitrogens with zero attached hydrogens (tertiary/aromatic N) is 1. The summed E-state index contributed by atoms with van der Waals surface area (Å²) < 4.78 is 67.3. The largest absolute Gasteiger partial charge is 0.417 e. The molecular formula is C21H14Cl3F3N2O3S. The van der Waals surface area contributed by atoms with E-state index in [0.29, 0.717) is 10.4 Å². The summed E-state index contributed by atoms with van der Waals surface area (Å²) in [5.74, 6) is -0.881. The van der Waals surface area contributed by atoms with Gasteiger partial charge in [0.15, 0.2) is 0 Å². The van der Waals surface area contributed by atoms with Gasteiger partial charge in [-0.05, 0) is 42.5 Å². The predicted octanol–water partition coefficient (Wildman–Crippen LogP) is 6.50. The third kappa shape index (κ3) is 5.73. The number of anilines is 2. The van der Waals surface area contributed by atoms with Crippen molar-refractivity contribution >= 4 is 62.1 Å². The smallest absolute Gasteiger partial charge is 0.322 e. The molecule has 0 bridgehead atoms. The van der Waals surface area contributed by atoms with E-state index in [9.17, 15) is 26.4 Å². The number of benzene rings is 3. The predicted molar refractivity (Wildman–Crippen MR) is 123 cm³/mol. The van der Waals surface area contributed by atoms with Crippen LogP contribution in [0.2, 0.25) is 15.1 Å². The van der Waals surface area contributed by atoms with Gasteiger partial charge < -0.3 is 5.32 Å². The number of halogens is 6. The monoisotopic (exact) mass is 536 g/mol. The Morgan fingerprint density at radius 3 is 2.06 bits per heavy atom. The molecule has 0 saturated heterocycles. The molecule has 0 spiro atoms. The zero-order valence-corrected chi connectivity index (χ0v) is 19.5. The molecule has 0 fully saturated rings. The SMILES string of the molecule is O=C(CN(c1ccc(Cl)c(C(F)(F)F)c1)S(=O)(=O)c1ccccc1)Nc1c(Cl)cccc1Cl. The highest BCUT2D eigenvalue weighted by Crippen LogP contribution is 2.38. The number of nitrogens with one attached hydrogen (secondary N) is 1. The van der Waals surface area contributed by atoms with Gasteiger partial charge in [-0.15, -0.1) is 0 Å². The Kier molecular flexibility index (Phi) is 7.48. The van der Waals surface area contributed by atoms with E-state index in [1.54, 1.807) is 12.1 Å². The Morgan fingerprint density at radius 1 is 0.879 bits per heavy atom. The molecule has 0 atom stereocenters. The Balaban J connectivity index is 2.06. The minimum atomic E-state index is -4.84. The molecule has 0 heterocycles. The molecule has 0 aromatic heterocycles. The lowest BCUT2D eigenvalue weighted by molar-refractivity contribution is -0.137. The van der Waals surface area contributed by atoms with Crippen molar-refractivity contribution in [3.63, 3.8) is 0 Å². The molecule has 5 nitrogen and oxygen atoms in total. The van der Waals surface area contributed by atoms with Gasteiger partial charge in [-0.25, -0.2) is 8.42 Å². The van der Waals surface area contributed by atoms with Gasteiger partial charge in [0.2, 0.25) is 5.91 Å². The molecule has 0 saturated carbocycles. The Labute approximate surface area is 202 Å². The number of para-hydroxylation sites is 1. The fourth-order valence-corrected chi connectivity index (χ4v) is 5.00. The highest BCUT2D eigenvalue weighted by Gasteiger charge is 2.35. The molecule has 1 amide bonds. The number of rotatable bonds is 6. The van der Waals surface area contributed by atoms with Crippen LogP contribution in [0, 0.1) is 0 Å². The van der Waals surface area contributed by atoms with Crippen molar-refractivity contribution in [1.82, 2.24) is 0 Å². The van der Waals surface area contributed by atoms with Crippen LogP contribution in [0.25, 0.3) is 0 Å².